The predicted octanol–water partition coefficient (Wildman–Crippen LogP) is 2.46. The predicted molar refractivity (Wildman–Crippen MR) is 67.9 cm³/mol. The van der Waals surface area contributed by atoms with Gasteiger partial charge in [0, 0.05) is 18.7 Å². The molecule has 1 aromatic rings. The number of hydrogen-bond donors (Lipinski definition) is 1. The summed E-state index contributed by atoms with van der Waals surface area (Å²) in [4.78, 5) is 11.8. The molecule has 0 unspecified atom stereocenters. The molecule has 0 bridgehead atoms. The molecule has 1 aliphatic rings. The highest BCUT2D eigenvalue weighted by atomic mass is 16.1. The van der Waals surface area contributed by atoms with Crippen LogP contribution in [0, 0.1) is 17.2 Å². The van der Waals surface area contributed by atoms with Crippen molar-refractivity contribution in [2.24, 2.45) is 5.92 Å². The van der Waals surface area contributed by atoms with E-state index in [1.54, 1.807) is 10.9 Å². The Morgan fingerprint density at radius 1 is 1.67 bits per heavy atom. The van der Waals surface area contributed by atoms with Gasteiger partial charge in [-0.3, -0.25) is 9.48 Å². The second-order valence-corrected chi connectivity index (χ2v) is 5.13. The van der Waals surface area contributed by atoms with E-state index in [1.807, 2.05) is 13.8 Å². The van der Waals surface area contributed by atoms with Crippen LogP contribution in [0.2, 0.25) is 0 Å². The van der Waals surface area contributed by atoms with E-state index >= 15 is 0 Å². The van der Waals surface area contributed by atoms with Crippen molar-refractivity contribution in [2.45, 2.75) is 45.6 Å². The highest BCUT2D eigenvalue weighted by Gasteiger charge is 2.22. The number of carbonyl (C=O) groups is 1. The molecular formula is C13H18N4O. The van der Waals surface area contributed by atoms with Crippen LogP contribution in [0.3, 0.4) is 0 Å². The number of anilines is 1. The molecule has 1 saturated carbocycles. The monoisotopic (exact) mass is 246 g/mol. The lowest BCUT2D eigenvalue weighted by molar-refractivity contribution is -0.117. The number of nitrogens with one attached hydrogen (secondary N) is 1. The number of carbonyl (C=O) groups excluding carboxylic acids is 1. The van der Waals surface area contributed by atoms with Gasteiger partial charge in [-0.2, -0.15) is 10.4 Å². The Bertz CT molecular complexity index is 480. The number of rotatable bonds is 4. The van der Waals surface area contributed by atoms with Gasteiger partial charge in [0.25, 0.3) is 0 Å². The fourth-order valence-electron chi connectivity index (χ4n) is 1.97. The summed E-state index contributed by atoms with van der Waals surface area (Å²) in [5.74, 6) is 0.864. The molecule has 0 aliphatic heterocycles. The molecule has 0 spiro atoms. The highest BCUT2D eigenvalue weighted by molar-refractivity contribution is 5.91. The van der Waals surface area contributed by atoms with Crippen molar-refractivity contribution in [2.75, 3.05) is 5.32 Å². The first kappa shape index (κ1) is 12.6. The average Bonchev–Trinajstić information content (AvgIpc) is 2.67. The van der Waals surface area contributed by atoms with Gasteiger partial charge in [-0.05, 0) is 32.6 Å². The van der Waals surface area contributed by atoms with E-state index in [1.165, 1.54) is 6.42 Å². The molecule has 1 amide bonds. The molecule has 1 N–H and O–H groups in total. The van der Waals surface area contributed by atoms with Crippen LogP contribution in [0.25, 0.3) is 0 Å². The third kappa shape index (κ3) is 2.70. The summed E-state index contributed by atoms with van der Waals surface area (Å²) in [6.07, 6.45) is 5.71. The lowest BCUT2D eigenvalue weighted by Gasteiger charge is -2.24. The Morgan fingerprint density at radius 3 is 2.89 bits per heavy atom. The van der Waals surface area contributed by atoms with E-state index in [0.717, 1.165) is 12.8 Å². The molecule has 2 rings (SSSR count). The Kier molecular flexibility index (Phi) is 3.66. The topological polar surface area (TPSA) is 70.7 Å². The maximum atomic E-state index is 11.8. The maximum Gasteiger partial charge on any atom is 0.225 e. The lowest BCUT2D eigenvalue weighted by Crippen LogP contribution is -2.21. The van der Waals surface area contributed by atoms with Crippen molar-refractivity contribution in [1.29, 1.82) is 5.26 Å². The van der Waals surface area contributed by atoms with Gasteiger partial charge in [-0.1, -0.05) is 6.42 Å². The number of nitrogens with zero attached hydrogens (tertiary/aromatic N) is 3. The van der Waals surface area contributed by atoms with E-state index < -0.39 is 0 Å². The first-order valence-electron chi connectivity index (χ1n) is 6.39. The third-order valence-corrected chi connectivity index (χ3v) is 3.34. The van der Waals surface area contributed by atoms with Gasteiger partial charge in [-0.25, -0.2) is 0 Å². The van der Waals surface area contributed by atoms with Crippen LogP contribution in [-0.2, 0) is 4.79 Å². The van der Waals surface area contributed by atoms with Crippen molar-refractivity contribution in [3.63, 3.8) is 0 Å². The molecule has 0 atom stereocenters. The zero-order chi connectivity index (χ0) is 13.1. The van der Waals surface area contributed by atoms with Crippen molar-refractivity contribution >= 4 is 11.7 Å². The van der Waals surface area contributed by atoms with E-state index in [9.17, 15) is 4.79 Å². The zero-order valence-electron chi connectivity index (χ0n) is 10.8. The van der Waals surface area contributed by atoms with E-state index in [-0.39, 0.29) is 11.9 Å². The molecule has 5 nitrogen and oxygen atoms in total. The first-order chi connectivity index (χ1) is 8.60. The molecule has 0 radical (unpaired) electrons. The van der Waals surface area contributed by atoms with Crippen LogP contribution in [0.5, 0.6) is 0 Å². The van der Waals surface area contributed by atoms with Crippen molar-refractivity contribution in [3.8, 4) is 6.07 Å². The SMILES string of the molecule is CC(C)n1cc(C#N)c(NC(=O)CC2CCC2)n1. The summed E-state index contributed by atoms with van der Waals surface area (Å²) >= 11 is 0. The Hall–Kier alpha value is -1.83. The summed E-state index contributed by atoms with van der Waals surface area (Å²) in [6.45, 7) is 3.96. The first-order valence-corrected chi connectivity index (χ1v) is 6.39. The standard InChI is InChI=1S/C13H18N4O/c1-9(2)17-8-11(7-14)13(16-17)15-12(18)6-10-4-3-5-10/h8-10H,3-6H2,1-2H3,(H,15,16,18). The van der Waals surface area contributed by atoms with E-state index in [4.69, 9.17) is 5.26 Å². The number of nitriles is 1. The Balaban J connectivity index is 2.03. The molecule has 1 fully saturated rings. The van der Waals surface area contributed by atoms with Gasteiger partial charge in [0.1, 0.15) is 11.6 Å². The number of hydrogen-bond acceptors (Lipinski definition) is 3. The van der Waals surface area contributed by atoms with Crippen LogP contribution in [-0.4, -0.2) is 15.7 Å². The summed E-state index contributed by atoms with van der Waals surface area (Å²) in [5.41, 5.74) is 0.422. The van der Waals surface area contributed by atoms with Crippen molar-refractivity contribution < 1.29 is 4.79 Å². The second kappa shape index (κ2) is 5.21. The van der Waals surface area contributed by atoms with Gasteiger partial charge in [0.15, 0.2) is 5.82 Å². The van der Waals surface area contributed by atoms with Crippen molar-refractivity contribution in [1.82, 2.24) is 9.78 Å². The van der Waals surface area contributed by atoms with E-state index in [0.29, 0.717) is 23.7 Å². The molecular weight excluding hydrogens is 228 g/mol. The fraction of sp³-hybridized carbons (Fsp3) is 0.615. The van der Waals surface area contributed by atoms with Gasteiger partial charge < -0.3 is 5.32 Å². The van der Waals surface area contributed by atoms with Crippen LogP contribution < -0.4 is 5.32 Å². The molecule has 1 heterocycles. The molecule has 1 aromatic heterocycles. The van der Waals surface area contributed by atoms with Crippen LogP contribution in [0.4, 0.5) is 5.82 Å². The van der Waals surface area contributed by atoms with Crippen LogP contribution in [0.15, 0.2) is 6.20 Å². The summed E-state index contributed by atoms with van der Waals surface area (Å²) in [7, 11) is 0. The molecule has 1 aliphatic carbocycles. The summed E-state index contributed by atoms with van der Waals surface area (Å²) < 4.78 is 1.69. The normalized spacial score (nSPS) is 15.2. The molecule has 0 aromatic carbocycles. The molecule has 0 saturated heterocycles. The number of aromatic nitrogens is 2. The average molecular weight is 246 g/mol. The maximum absolute atomic E-state index is 11.8. The van der Waals surface area contributed by atoms with Crippen LogP contribution in [0.1, 0.15) is 51.1 Å². The van der Waals surface area contributed by atoms with Gasteiger partial charge in [0.2, 0.25) is 5.91 Å². The smallest absolute Gasteiger partial charge is 0.225 e. The van der Waals surface area contributed by atoms with Crippen LogP contribution >= 0.6 is 0 Å². The quantitative estimate of drug-likeness (QED) is 0.887. The minimum absolute atomic E-state index is 0.0368. The zero-order valence-corrected chi connectivity index (χ0v) is 10.8. The van der Waals surface area contributed by atoms with E-state index in [2.05, 4.69) is 16.5 Å². The third-order valence-electron chi connectivity index (χ3n) is 3.34. The summed E-state index contributed by atoms with van der Waals surface area (Å²) in [6, 6.07) is 2.23. The Morgan fingerprint density at radius 2 is 2.39 bits per heavy atom. The number of amides is 1. The lowest BCUT2D eigenvalue weighted by atomic mass is 9.83. The minimum Gasteiger partial charge on any atom is -0.308 e. The van der Waals surface area contributed by atoms with Crippen molar-refractivity contribution in [3.05, 3.63) is 11.8 Å². The molecule has 96 valence electrons. The fourth-order valence-corrected chi connectivity index (χ4v) is 1.97. The largest absolute Gasteiger partial charge is 0.308 e. The van der Waals surface area contributed by atoms with Gasteiger partial charge >= 0.3 is 0 Å². The highest BCUT2D eigenvalue weighted by Crippen LogP contribution is 2.29. The molecule has 18 heavy (non-hydrogen) atoms. The minimum atomic E-state index is -0.0368. The van der Waals surface area contributed by atoms with Gasteiger partial charge in [-0.15, -0.1) is 0 Å². The summed E-state index contributed by atoms with van der Waals surface area (Å²) in [5, 5.41) is 16.0. The Labute approximate surface area is 107 Å². The second-order valence-electron chi connectivity index (χ2n) is 5.13. The molecule has 5 heteroatoms. The van der Waals surface area contributed by atoms with Gasteiger partial charge in [0.05, 0.1) is 0 Å².